The molecule has 0 radical (unpaired) electrons. The van der Waals surface area contributed by atoms with E-state index in [1.807, 2.05) is 13.1 Å². The molecule has 6 heteroatoms. The number of anilines is 1. The number of rotatable bonds is 6. The van der Waals surface area contributed by atoms with E-state index in [-0.39, 0.29) is 6.04 Å². The van der Waals surface area contributed by atoms with Crippen molar-refractivity contribution < 1.29 is 0 Å². The molecular formula is C15H21ClN4S. The third-order valence-electron chi connectivity index (χ3n) is 3.25. The largest absolute Gasteiger partial charge is 0.361 e. The molecule has 21 heavy (non-hydrogen) atoms. The van der Waals surface area contributed by atoms with E-state index in [9.17, 15) is 0 Å². The number of nitrogens with one attached hydrogen (secondary N) is 1. The molecule has 114 valence electrons. The lowest BCUT2D eigenvalue weighted by Gasteiger charge is -2.15. The van der Waals surface area contributed by atoms with Crippen molar-refractivity contribution in [2.75, 3.05) is 5.32 Å². The lowest BCUT2D eigenvalue weighted by atomic mass is 10.2. The highest BCUT2D eigenvalue weighted by Crippen LogP contribution is 2.27. The molecule has 0 fully saturated rings. The molecule has 1 atom stereocenters. The molecular weight excluding hydrogens is 304 g/mol. The summed E-state index contributed by atoms with van der Waals surface area (Å²) in [4.78, 5) is 14.7. The van der Waals surface area contributed by atoms with E-state index in [0.29, 0.717) is 5.15 Å². The minimum absolute atomic E-state index is 0.106. The van der Waals surface area contributed by atoms with Crippen LogP contribution in [-0.4, -0.2) is 15.0 Å². The van der Waals surface area contributed by atoms with Crippen LogP contribution in [0.15, 0.2) is 6.20 Å². The summed E-state index contributed by atoms with van der Waals surface area (Å²) in [6.45, 7) is 8.27. The van der Waals surface area contributed by atoms with Gasteiger partial charge in [-0.25, -0.2) is 15.0 Å². The molecule has 1 N–H and O–H groups in total. The van der Waals surface area contributed by atoms with E-state index >= 15 is 0 Å². The van der Waals surface area contributed by atoms with Gasteiger partial charge in [0.1, 0.15) is 21.8 Å². The fourth-order valence-electron chi connectivity index (χ4n) is 1.96. The van der Waals surface area contributed by atoms with Gasteiger partial charge in [-0.2, -0.15) is 0 Å². The summed E-state index contributed by atoms with van der Waals surface area (Å²) in [5.41, 5.74) is 0.885. The maximum atomic E-state index is 6.21. The highest BCUT2D eigenvalue weighted by molar-refractivity contribution is 7.11. The Morgan fingerprint density at radius 3 is 2.71 bits per heavy atom. The Balaban J connectivity index is 2.21. The standard InChI is InChI=1S/C15H21ClN4S/c1-5-7-12-19-13(16)9(3)14(20-12)18-10(4)15-17-8-11(6-2)21-15/h8,10H,5-7H2,1-4H3,(H,18,19,20). The first kappa shape index (κ1) is 16.2. The molecule has 0 aliphatic carbocycles. The Morgan fingerprint density at radius 1 is 1.33 bits per heavy atom. The van der Waals surface area contributed by atoms with Crippen LogP contribution in [0.2, 0.25) is 5.15 Å². The Labute approximate surface area is 135 Å². The number of hydrogen-bond donors (Lipinski definition) is 1. The highest BCUT2D eigenvalue weighted by atomic mass is 35.5. The molecule has 2 aromatic heterocycles. The first-order chi connectivity index (χ1) is 10.0. The second-order valence-electron chi connectivity index (χ2n) is 5.04. The third-order valence-corrected chi connectivity index (χ3v) is 4.94. The molecule has 0 aliphatic heterocycles. The van der Waals surface area contributed by atoms with Crippen molar-refractivity contribution in [1.82, 2.24) is 15.0 Å². The Kier molecular flexibility index (Phi) is 5.53. The highest BCUT2D eigenvalue weighted by Gasteiger charge is 2.15. The number of aromatic nitrogens is 3. The smallest absolute Gasteiger partial charge is 0.137 e. The van der Waals surface area contributed by atoms with Crippen LogP contribution in [0.1, 0.15) is 54.5 Å². The minimum atomic E-state index is 0.106. The summed E-state index contributed by atoms with van der Waals surface area (Å²) in [5.74, 6) is 1.59. The SMILES string of the molecule is CCCc1nc(Cl)c(C)c(NC(C)c2ncc(CC)s2)n1. The average molecular weight is 325 g/mol. The summed E-state index contributed by atoms with van der Waals surface area (Å²) < 4.78 is 0. The molecule has 0 bridgehead atoms. The quantitative estimate of drug-likeness (QED) is 0.790. The molecule has 1 unspecified atom stereocenters. The number of halogens is 1. The van der Waals surface area contributed by atoms with Gasteiger partial charge in [-0.3, -0.25) is 0 Å². The molecule has 2 heterocycles. The molecule has 0 aliphatic rings. The zero-order valence-corrected chi connectivity index (χ0v) is 14.5. The van der Waals surface area contributed by atoms with E-state index in [4.69, 9.17) is 11.6 Å². The van der Waals surface area contributed by atoms with Gasteiger partial charge in [0.25, 0.3) is 0 Å². The normalized spacial score (nSPS) is 12.4. The van der Waals surface area contributed by atoms with Gasteiger partial charge < -0.3 is 5.32 Å². The fraction of sp³-hybridized carbons (Fsp3) is 0.533. The summed E-state index contributed by atoms with van der Waals surface area (Å²) in [6, 6.07) is 0.106. The molecule has 0 saturated carbocycles. The van der Waals surface area contributed by atoms with Crippen molar-refractivity contribution in [2.45, 2.75) is 53.0 Å². The fourth-order valence-corrected chi connectivity index (χ4v) is 3.01. The van der Waals surface area contributed by atoms with Crippen molar-refractivity contribution in [3.05, 3.63) is 32.6 Å². The monoisotopic (exact) mass is 324 g/mol. The summed E-state index contributed by atoms with van der Waals surface area (Å²) >= 11 is 7.94. The second kappa shape index (κ2) is 7.18. The molecule has 0 amide bonds. The van der Waals surface area contributed by atoms with Crippen molar-refractivity contribution in [3.8, 4) is 0 Å². The van der Waals surface area contributed by atoms with Gasteiger partial charge in [-0.1, -0.05) is 25.4 Å². The molecule has 2 rings (SSSR count). The Bertz CT molecular complexity index is 612. The van der Waals surface area contributed by atoms with E-state index in [0.717, 1.165) is 41.5 Å². The summed E-state index contributed by atoms with van der Waals surface area (Å²) in [7, 11) is 0. The number of hydrogen-bond acceptors (Lipinski definition) is 5. The molecule has 0 spiro atoms. The van der Waals surface area contributed by atoms with Crippen molar-refractivity contribution in [2.24, 2.45) is 0 Å². The first-order valence-electron chi connectivity index (χ1n) is 7.29. The summed E-state index contributed by atoms with van der Waals surface area (Å²) in [5, 5.41) is 5.01. The van der Waals surface area contributed by atoms with Crippen LogP contribution in [0.5, 0.6) is 0 Å². The van der Waals surface area contributed by atoms with E-state index in [1.54, 1.807) is 11.3 Å². The number of nitrogens with zero attached hydrogens (tertiary/aromatic N) is 3. The van der Waals surface area contributed by atoms with Gasteiger partial charge in [0.05, 0.1) is 6.04 Å². The van der Waals surface area contributed by atoms with Gasteiger partial charge in [0.15, 0.2) is 0 Å². The predicted molar refractivity (Wildman–Crippen MR) is 89.3 cm³/mol. The second-order valence-corrected chi connectivity index (χ2v) is 6.54. The van der Waals surface area contributed by atoms with Gasteiger partial charge in [0, 0.05) is 23.1 Å². The van der Waals surface area contributed by atoms with Crippen molar-refractivity contribution in [1.29, 1.82) is 0 Å². The van der Waals surface area contributed by atoms with Crippen molar-refractivity contribution >= 4 is 28.8 Å². The molecule has 0 saturated heterocycles. The molecule has 4 nitrogen and oxygen atoms in total. The van der Waals surface area contributed by atoms with Crippen LogP contribution in [-0.2, 0) is 12.8 Å². The van der Waals surface area contributed by atoms with Crippen molar-refractivity contribution in [3.63, 3.8) is 0 Å². The Morgan fingerprint density at radius 2 is 2.10 bits per heavy atom. The third kappa shape index (κ3) is 3.92. The lowest BCUT2D eigenvalue weighted by molar-refractivity contribution is 0.811. The van der Waals surface area contributed by atoms with Crippen LogP contribution >= 0.6 is 22.9 Å². The number of thiazole rings is 1. The minimum Gasteiger partial charge on any atom is -0.361 e. The van der Waals surface area contributed by atoms with Gasteiger partial charge in [-0.05, 0) is 26.7 Å². The van der Waals surface area contributed by atoms with E-state index in [2.05, 4.69) is 41.0 Å². The van der Waals surface area contributed by atoms with Gasteiger partial charge in [0.2, 0.25) is 0 Å². The Hall–Kier alpha value is -1.20. The lowest BCUT2D eigenvalue weighted by Crippen LogP contribution is -2.11. The summed E-state index contributed by atoms with van der Waals surface area (Å²) in [6.07, 6.45) is 4.80. The van der Waals surface area contributed by atoms with E-state index in [1.165, 1.54) is 4.88 Å². The zero-order valence-electron chi connectivity index (χ0n) is 12.9. The molecule has 0 aromatic carbocycles. The van der Waals surface area contributed by atoms with Crippen LogP contribution in [0.3, 0.4) is 0 Å². The first-order valence-corrected chi connectivity index (χ1v) is 8.48. The van der Waals surface area contributed by atoms with Gasteiger partial charge in [-0.15, -0.1) is 11.3 Å². The van der Waals surface area contributed by atoms with Crippen LogP contribution in [0, 0.1) is 6.92 Å². The van der Waals surface area contributed by atoms with Gasteiger partial charge >= 0.3 is 0 Å². The predicted octanol–water partition coefficient (Wildman–Crippen LogP) is 4.58. The zero-order chi connectivity index (χ0) is 15.4. The van der Waals surface area contributed by atoms with Crippen LogP contribution in [0.4, 0.5) is 5.82 Å². The maximum Gasteiger partial charge on any atom is 0.137 e. The maximum absolute atomic E-state index is 6.21. The molecule has 2 aromatic rings. The van der Waals surface area contributed by atoms with Crippen LogP contribution < -0.4 is 5.32 Å². The number of aryl methyl sites for hydroxylation is 2. The van der Waals surface area contributed by atoms with Crippen LogP contribution in [0.25, 0.3) is 0 Å². The van der Waals surface area contributed by atoms with E-state index < -0.39 is 0 Å². The topological polar surface area (TPSA) is 50.7 Å². The average Bonchev–Trinajstić information content (AvgIpc) is 2.93.